The van der Waals surface area contributed by atoms with Crippen molar-refractivity contribution in [2.24, 2.45) is 0 Å². The number of hydrogen-bond acceptors (Lipinski definition) is 1. The molecule has 1 aliphatic rings. The van der Waals surface area contributed by atoms with Crippen LogP contribution in [0.2, 0.25) is 0 Å². The van der Waals surface area contributed by atoms with E-state index in [4.69, 9.17) is 4.42 Å². The highest BCUT2D eigenvalue weighted by Crippen LogP contribution is 2.41. The maximum atomic E-state index is 14.9. The first-order valence-electron chi connectivity index (χ1n) is 8.28. The number of alkyl halides is 3. The number of halogens is 5. The SMILES string of the molecule is Fc1c(C2CCCCC2)ccc2c1oc1c(F)c(C(F)(F)F)ccc12. The molecule has 0 aliphatic heterocycles. The zero-order valence-electron chi connectivity index (χ0n) is 13.2. The quantitative estimate of drug-likeness (QED) is 0.432. The van der Waals surface area contributed by atoms with E-state index in [9.17, 15) is 22.0 Å². The van der Waals surface area contributed by atoms with Crippen molar-refractivity contribution in [3.05, 3.63) is 47.0 Å². The van der Waals surface area contributed by atoms with Crippen molar-refractivity contribution in [2.45, 2.75) is 44.2 Å². The van der Waals surface area contributed by atoms with Crippen molar-refractivity contribution in [1.82, 2.24) is 0 Å². The molecule has 1 aromatic heterocycles. The van der Waals surface area contributed by atoms with E-state index in [-0.39, 0.29) is 16.9 Å². The normalized spacial score (nSPS) is 16.8. The molecule has 4 rings (SSSR count). The largest absolute Gasteiger partial charge is 0.450 e. The van der Waals surface area contributed by atoms with E-state index in [0.29, 0.717) is 17.0 Å². The second-order valence-corrected chi connectivity index (χ2v) is 6.58. The lowest BCUT2D eigenvalue weighted by atomic mass is 9.83. The van der Waals surface area contributed by atoms with Crippen molar-refractivity contribution < 1.29 is 26.4 Å². The van der Waals surface area contributed by atoms with Crippen molar-refractivity contribution in [2.75, 3.05) is 0 Å². The van der Waals surface area contributed by atoms with Crippen LogP contribution in [-0.2, 0) is 6.18 Å². The van der Waals surface area contributed by atoms with Crippen LogP contribution in [0.25, 0.3) is 21.9 Å². The van der Waals surface area contributed by atoms with Crippen LogP contribution in [0.15, 0.2) is 28.7 Å². The van der Waals surface area contributed by atoms with Gasteiger partial charge in [0.15, 0.2) is 22.8 Å². The Morgan fingerprint density at radius 2 is 1.40 bits per heavy atom. The maximum Gasteiger partial charge on any atom is 0.419 e. The molecule has 2 aromatic carbocycles. The Balaban J connectivity index is 1.92. The van der Waals surface area contributed by atoms with Crippen LogP contribution < -0.4 is 0 Å². The van der Waals surface area contributed by atoms with E-state index in [0.717, 1.165) is 38.2 Å². The van der Waals surface area contributed by atoms with Crippen LogP contribution in [0.5, 0.6) is 0 Å². The van der Waals surface area contributed by atoms with Gasteiger partial charge >= 0.3 is 6.18 Å². The summed E-state index contributed by atoms with van der Waals surface area (Å²) in [6, 6.07) is 5.06. The molecule has 3 aromatic rings. The number of benzene rings is 2. The van der Waals surface area contributed by atoms with Gasteiger partial charge in [0.2, 0.25) is 0 Å². The predicted octanol–water partition coefficient (Wildman–Crippen LogP) is 6.93. The lowest BCUT2D eigenvalue weighted by Crippen LogP contribution is -2.07. The van der Waals surface area contributed by atoms with E-state index < -0.39 is 29.0 Å². The van der Waals surface area contributed by atoms with Gasteiger partial charge in [0, 0.05) is 10.8 Å². The van der Waals surface area contributed by atoms with Crippen LogP contribution >= 0.6 is 0 Å². The predicted molar refractivity (Wildman–Crippen MR) is 84.5 cm³/mol. The summed E-state index contributed by atoms with van der Waals surface area (Å²) in [6.45, 7) is 0. The first-order chi connectivity index (χ1) is 11.9. The van der Waals surface area contributed by atoms with Gasteiger partial charge < -0.3 is 4.42 Å². The minimum atomic E-state index is -4.83. The van der Waals surface area contributed by atoms with E-state index in [2.05, 4.69) is 0 Å². The average molecular weight is 354 g/mol. The summed E-state index contributed by atoms with van der Waals surface area (Å²) in [4.78, 5) is 0. The smallest absolute Gasteiger partial charge is 0.419 e. The molecule has 0 N–H and O–H groups in total. The number of rotatable bonds is 1. The highest BCUT2D eigenvalue weighted by molar-refractivity contribution is 6.05. The van der Waals surface area contributed by atoms with Crippen molar-refractivity contribution in [3.63, 3.8) is 0 Å². The summed E-state index contributed by atoms with van der Waals surface area (Å²) < 4.78 is 73.0. The molecule has 0 saturated heterocycles. The first kappa shape index (κ1) is 16.4. The molecule has 0 unspecified atom stereocenters. The van der Waals surface area contributed by atoms with Gasteiger partial charge in [0.1, 0.15) is 0 Å². The molecule has 1 heterocycles. The molecule has 1 nitrogen and oxygen atoms in total. The second kappa shape index (κ2) is 5.71. The van der Waals surface area contributed by atoms with Crippen molar-refractivity contribution in [1.29, 1.82) is 0 Å². The third kappa shape index (κ3) is 2.58. The van der Waals surface area contributed by atoms with E-state index in [1.165, 1.54) is 0 Å². The third-order valence-electron chi connectivity index (χ3n) is 5.07. The molecule has 1 fully saturated rings. The topological polar surface area (TPSA) is 13.1 Å². The van der Waals surface area contributed by atoms with Gasteiger partial charge in [-0.05, 0) is 42.5 Å². The zero-order chi connectivity index (χ0) is 17.8. The van der Waals surface area contributed by atoms with Gasteiger partial charge in [-0.2, -0.15) is 13.2 Å². The maximum absolute atomic E-state index is 14.9. The van der Waals surface area contributed by atoms with E-state index in [1.807, 2.05) is 0 Å². The molecule has 1 saturated carbocycles. The second-order valence-electron chi connectivity index (χ2n) is 6.58. The summed E-state index contributed by atoms with van der Waals surface area (Å²) in [5.74, 6) is -2.02. The highest BCUT2D eigenvalue weighted by atomic mass is 19.4. The Labute approximate surface area is 140 Å². The lowest BCUT2D eigenvalue weighted by molar-refractivity contribution is -0.139. The average Bonchev–Trinajstić information content (AvgIpc) is 2.96. The molecule has 0 spiro atoms. The minimum absolute atomic E-state index is 0.0712. The molecular weight excluding hydrogens is 339 g/mol. The minimum Gasteiger partial charge on any atom is -0.450 e. The van der Waals surface area contributed by atoms with Gasteiger partial charge in [-0.1, -0.05) is 25.3 Å². The molecule has 0 radical (unpaired) electrons. The molecular formula is C19H15F5O. The summed E-state index contributed by atoms with van der Waals surface area (Å²) in [6.07, 6.45) is 0.0711. The van der Waals surface area contributed by atoms with Gasteiger partial charge in [0.05, 0.1) is 5.56 Å². The summed E-state index contributed by atoms with van der Waals surface area (Å²) in [7, 11) is 0. The van der Waals surface area contributed by atoms with Crippen LogP contribution in [-0.4, -0.2) is 0 Å². The fourth-order valence-electron chi connectivity index (χ4n) is 3.80. The Kier molecular flexibility index (Phi) is 3.74. The van der Waals surface area contributed by atoms with Gasteiger partial charge in [-0.15, -0.1) is 0 Å². The number of hydrogen-bond donors (Lipinski definition) is 0. The molecule has 6 heteroatoms. The van der Waals surface area contributed by atoms with E-state index >= 15 is 0 Å². The van der Waals surface area contributed by atoms with Crippen molar-refractivity contribution >= 4 is 21.9 Å². The number of furan rings is 1. The zero-order valence-corrected chi connectivity index (χ0v) is 13.2. The Morgan fingerprint density at radius 3 is 2.04 bits per heavy atom. The Hall–Kier alpha value is -2.11. The molecule has 0 bridgehead atoms. The first-order valence-corrected chi connectivity index (χ1v) is 8.28. The summed E-state index contributed by atoms with van der Waals surface area (Å²) >= 11 is 0. The lowest BCUT2D eigenvalue weighted by Gasteiger charge is -2.22. The van der Waals surface area contributed by atoms with Gasteiger partial charge in [0.25, 0.3) is 0 Å². The standard InChI is InChI=1S/C19H15F5O/c20-15-11(10-4-2-1-3-5-10)6-7-12-13-8-9-14(19(22,23)24)16(21)18(13)25-17(12)15/h6-10H,1-5H2. The third-order valence-corrected chi connectivity index (χ3v) is 5.07. The molecule has 25 heavy (non-hydrogen) atoms. The molecule has 0 atom stereocenters. The Bertz CT molecular complexity index is 948. The van der Waals surface area contributed by atoms with Crippen molar-refractivity contribution in [3.8, 4) is 0 Å². The van der Waals surface area contributed by atoms with Crippen LogP contribution in [0.4, 0.5) is 22.0 Å². The highest BCUT2D eigenvalue weighted by Gasteiger charge is 2.36. The molecule has 1 aliphatic carbocycles. The van der Waals surface area contributed by atoms with Crippen LogP contribution in [0.3, 0.4) is 0 Å². The fraction of sp³-hybridized carbons (Fsp3) is 0.368. The number of fused-ring (bicyclic) bond motifs is 3. The molecule has 132 valence electrons. The molecule has 0 amide bonds. The fourth-order valence-corrected chi connectivity index (χ4v) is 3.80. The van der Waals surface area contributed by atoms with Gasteiger partial charge in [-0.3, -0.25) is 0 Å². The van der Waals surface area contributed by atoms with Crippen LogP contribution in [0.1, 0.15) is 49.1 Å². The van der Waals surface area contributed by atoms with E-state index in [1.54, 1.807) is 12.1 Å². The Morgan fingerprint density at radius 1 is 0.800 bits per heavy atom. The van der Waals surface area contributed by atoms with Crippen LogP contribution in [0, 0.1) is 11.6 Å². The summed E-state index contributed by atoms with van der Waals surface area (Å²) in [5.41, 5.74) is -1.63. The van der Waals surface area contributed by atoms with Gasteiger partial charge in [-0.25, -0.2) is 8.78 Å². The summed E-state index contributed by atoms with van der Waals surface area (Å²) in [5, 5.41) is 0.439. The monoisotopic (exact) mass is 354 g/mol.